The summed E-state index contributed by atoms with van der Waals surface area (Å²) < 4.78 is 16.5. The number of pyridine rings is 1. The van der Waals surface area contributed by atoms with Crippen molar-refractivity contribution in [2.45, 2.75) is 25.4 Å². The fourth-order valence-electron chi connectivity index (χ4n) is 4.10. The number of methoxy groups -OCH3 is 1. The predicted octanol–water partition coefficient (Wildman–Crippen LogP) is 4.22. The molecule has 0 radical (unpaired) electrons. The van der Waals surface area contributed by atoms with Crippen LogP contribution in [0.3, 0.4) is 0 Å². The first-order valence-electron chi connectivity index (χ1n) is 11.7. The molecule has 1 fully saturated rings. The van der Waals surface area contributed by atoms with E-state index in [4.69, 9.17) is 14.2 Å². The van der Waals surface area contributed by atoms with Crippen LogP contribution in [0, 0.1) is 0 Å². The third kappa shape index (κ3) is 6.65. The van der Waals surface area contributed by atoms with Crippen molar-refractivity contribution >= 4 is 17.9 Å². The molecule has 0 spiro atoms. The van der Waals surface area contributed by atoms with E-state index in [-0.39, 0.29) is 12.6 Å². The van der Waals surface area contributed by atoms with Gasteiger partial charge < -0.3 is 24.2 Å². The minimum Gasteiger partial charge on any atom is -0.497 e. The van der Waals surface area contributed by atoms with Crippen LogP contribution >= 0.6 is 0 Å². The highest BCUT2D eigenvalue weighted by Crippen LogP contribution is 2.25. The molecule has 0 aliphatic carbocycles. The molecule has 2 aromatic carbocycles. The van der Waals surface area contributed by atoms with Crippen molar-refractivity contribution in [2.75, 3.05) is 31.7 Å². The van der Waals surface area contributed by atoms with Gasteiger partial charge >= 0.3 is 12.1 Å². The molecule has 36 heavy (non-hydrogen) atoms. The summed E-state index contributed by atoms with van der Waals surface area (Å²) in [5, 5.41) is 9.27. The van der Waals surface area contributed by atoms with Gasteiger partial charge in [-0.15, -0.1) is 0 Å². The molecule has 1 amide bonds. The lowest BCUT2D eigenvalue weighted by atomic mass is 10.2. The maximum absolute atomic E-state index is 12.6. The first-order valence-corrected chi connectivity index (χ1v) is 11.7. The molecule has 0 saturated carbocycles. The maximum Gasteiger partial charge on any atom is 0.416 e. The van der Waals surface area contributed by atoms with Crippen molar-refractivity contribution in [1.29, 1.82) is 0 Å². The highest BCUT2D eigenvalue weighted by Gasteiger charge is 2.26. The fraction of sp³-hybridized carbons (Fsp3) is 0.296. The van der Waals surface area contributed by atoms with Crippen LogP contribution in [0.25, 0.3) is 0 Å². The van der Waals surface area contributed by atoms with Crippen molar-refractivity contribution < 1.29 is 28.9 Å². The van der Waals surface area contributed by atoms with Crippen LogP contribution in [-0.4, -0.2) is 59.9 Å². The number of benzene rings is 2. The number of carboxylic acid groups (broad SMARTS) is 1. The van der Waals surface area contributed by atoms with Gasteiger partial charge in [-0.25, -0.2) is 9.78 Å². The summed E-state index contributed by atoms with van der Waals surface area (Å²) in [5.41, 5.74) is 0.756. The number of amides is 1. The number of hydrogen-bond acceptors (Lipinski definition) is 7. The molecule has 1 aromatic heterocycles. The van der Waals surface area contributed by atoms with E-state index in [1.54, 1.807) is 30.5 Å². The van der Waals surface area contributed by atoms with Crippen molar-refractivity contribution in [3.05, 3.63) is 78.5 Å². The van der Waals surface area contributed by atoms with Crippen LogP contribution in [0.4, 0.5) is 10.6 Å². The molecule has 2 heterocycles. The van der Waals surface area contributed by atoms with Gasteiger partial charge in [0.25, 0.3) is 0 Å². The molecule has 1 N–H and O–H groups in total. The largest absolute Gasteiger partial charge is 0.497 e. The summed E-state index contributed by atoms with van der Waals surface area (Å²) in [6.07, 6.45) is 3.17. The molecular weight excluding hydrogens is 462 g/mol. The van der Waals surface area contributed by atoms with Crippen LogP contribution in [0.1, 0.15) is 18.4 Å². The number of nitrogens with zero attached hydrogens (tertiary/aromatic N) is 3. The lowest BCUT2D eigenvalue weighted by Crippen LogP contribution is -2.37. The van der Waals surface area contributed by atoms with E-state index in [0.717, 1.165) is 35.7 Å². The Kier molecular flexibility index (Phi) is 8.23. The van der Waals surface area contributed by atoms with E-state index < -0.39 is 18.6 Å². The van der Waals surface area contributed by atoms with Gasteiger partial charge in [-0.2, -0.15) is 0 Å². The molecule has 4 rings (SSSR count). The summed E-state index contributed by atoms with van der Waals surface area (Å²) in [5.74, 6) is 1.45. The number of rotatable bonds is 10. The molecular formula is C27H29N3O6. The van der Waals surface area contributed by atoms with Gasteiger partial charge in [0.15, 0.2) is 0 Å². The Balaban J connectivity index is 1.34. The zero-order chi connectivity index (χ0) is 25.3. The normalized spacial score (nSPS) is 14.8. The van der Waals surface area contributed by atoms with E-state index >= 15 is 0 Å². The van der Waals surface area contributed by atoms with E-state index in [0.29, 0.717) is 23.9 Å². The maximum atomic E-state index is 12.6. The molecule has 9 nitrogen and oxygen atoms in total. The van der Waals surface area contributed by atoms with Crippen LogP contribution in [-0.2, 0) is 11.3 Å². The number of aliphatic carboxylic acids is 1. The smallest absolute Gasteiger partial charge is 0.416 e. The van der Waals surface area contributed by atoms with Crippen LogP contribution < -0.4 is 19.1 Å². The molecule has 3 aromatic rings. The Morgan fingerprint density at radius 3 is 2.42 bits per heavy atom. The predicted molar refractivity (Wildman–Crippen MR) is 134 cm³/mol. The number of hydrogen-bond donors (Lipinski definition) is 1. The second kappa shape index (κ2) is 11.9. The Labute approximate surface area is 209 Å². The zero-order valence-electron chi connectivity index (χ0n) is 20.1. The summed E-state index contributed by atoms with van der Waals surface area (Å²) in [7, 11) is 1.54. The van der Waals surface area contributed by atoms with Gasteiger partial charge in [0.2, 0.25) is 0 Å². The molecule has 1 aliphatic heterocycles. The van der Waals surface area contributed by atoms with Crippen LogP contribution in [0.5, 0.6) is 17.2 Å². The third-order valence-electron chi connectivity index (χ3n) is 5.91. The SMILES string of the molecule is COc1ccc(OC(=O)N(CC(=O)O)Cc2ccc(OCC3CCCN3c3ccccn3)cc2)cc1. The highest BCUT2D eigenvalue weighted by atomic mass is 16.6. The van der Waals surface area contributed by atoms with Gasteiger partial charge in [0.05, 0.1) is 13.2 Å². The lowest BCUT2D eigenvalue weighted by Gasteiger charge is -2.25. The second-order valence-corrected chi connectivity index (χ2v) is 8.43. The Morgan fingerprint density at radius 2 is 1.75 bits per heavy atom. The van der Waals surface area contributed by atoms with E-state index in [2.05, 4.69) is 9.88 Å². The minimum atomic E-state index is -1.13. The van der Waals surface area contributed by atoms with Gasteiger partial charge in [0, 0.05) is 19.3 Å². The second-order valence-electron chi connectivity index (χ2n) is 8.43. The van der Waals surface area contributed by atoms with Crippen molar-refractivity contribution in [3.63, 3.8) is 0 Å². The number of carboxylic acids is 1. The molecule has 1 saturated heterocycles. The summed E-state index contributed by atoms with van der Waals surface area (Å²) >= 11 is 0. The number of aromatic nitrogens is 1. The lowest BCUT2D eigenvalue weighted by molar-refractivity contribution is -0.138. The number of ether oxygens (including phenoxy) is 3. The van der Waals surface area contributed by atoms with Crippen molar-refractivity contribution in [3.8, 4) is 17.2 Å². The average Bonchev–Trinajstić information content (AvgIpc) is 3.37. The quantitative estimate of drug-likeness (QED) is 0.450. The van der Waals surface area contributed by atoms with Crippen LogP contribution in [0.2, 0.25) is 0 Å². The number of carbonyl (C=O) groups is 2. The first-order chi connectivity index (χ1) is 17.5. The number of carbonyl (C=O) groups excluding carboxylic acids is 1. The van der Waals surface area contributed by atoms with E-state index in [1.807, 2.05) is 42.5 Å². The van der Waals surface area contributed by atoms with Gasteiger partial charge in [-0.3, -0.25) is 9.69 Å². The fourth-order valence-corrected chi connectivity index (χ4v) is 4.10. The van der Waals surface area contributed by atoms with E-state index in [9.17, 15) is 14.7 Å². The minimum absolute atomic E-state index is 0.0810. The molecule has 9 heteroatoms. The molecule has 188 valence electrons. The van der Waals surface area contributed by atoms with E-state index in [1.165, 1.54) is 7.11 Å². The van der Waals surface area contributed by atoms with Gasteiger partial charge in [-0.1, -0.05) is 18.2 Å². The average molecular weight is 492 g/mol. The summed E-state index contributed by atoms with van der Waals surface area (Å²) in [6.45, 7) is 1.08. The molecule has 1 aliphatic rings. The summed E-state index contributed by atoms with van der Waals surface area (Å²) in [4.78, 5) is 31.8. The highest BCUT2D eigenvalue weighted by molar-refractivity contribution is 5.78. The monoisotopic (exact) mass is 491 g/mol. The van der Waals surface area contributed by atoms with Crippen LogP contribution in [0.15, 0.2) is 72.9 Å². The Bertz CT molecular complexity index is 1140. The van der Waals surface area contributed by atoms with Crippen molar-refractivity contribution in [1.82, 2.24) is 9.88 Å². The third-order valence-corrected chi connectivity index (χ3v) is 5.91. The van der Waals surface area contributed by atoms with Crippen molar-refractivity contribution in [2.24, 2.45) is 0 Å². The molecule has 1 atom stereocenters. The topological polar surface area (TPSA) is 101 Å². The standard InChI is InChI=1S/C27H29N3O6/c1-34-22-11-13-24(14-12-22)36-27(33)29(18-26(31)32)17-20-7-9-23(10-8-20)35-19-21-5-4-16-30(21)25-6-2-3-15-28-25/h2-3,6-15,21H,4-5,16-19H2,1H3,(H,31,32). The first kappa shape index (κ1) is 24.8. The Morgan fingerprint density at radius 1 is 1.03 bits per heavy atom. The van der Waals surface area contributed by atoms with Gasteiger partial charge in [-0.05, 0) is 66.9 Å². The molecule has 0 bridgehead atoms. The zero-order valence-corrected chi connectivity index (χ0v) is 20.1. The number of anilines is 1. The molecule has 1 unspecified atom stereocenters. The van der Waals surface area contributed by atoms with Gasteiger partial charge in [0.1, 0.15) is 36.2 Å². The Hall–Kier alpha value is -4.27. The summed E-state index contributed by atoms with van der Waals surface area (Å²) in [6, 6.07) is 19.9.